The van der Waals surface area contributed by atoms with Gasteiger partial charge in [-0.1, -0.05) is 29.3 Å². The molecule has 1 atom stereocenters. The molecule has 206 valence electrons. The Bertz CT molecular complexity index is 1420. The number of alkyl halides is 3. The largest absolute Gasteiger partial charge is 0.463 e. The number of nitrogens with zero attached hydrogens (tertiary/aromatic N) is 3. The Labute approximate surface area is 233 Å². The maximum absolute atomic E-state index is 13.9. The molecule has 12 heteroatoms. The van der Waals surface area contributed by atoms with Crippen LogP contribution in [0.2, 0.25) is 10.0 Å². The van der Waals surface area contributed by atoms with Gasteiger partial charge < -0.3 is 15.0 Å². The third-order valence-electron chi connectivity index (χ3n) is 6.86. The molecular weight excluding hydrogens is 554 g/mol. The summed E-state index contributed by atoms with van der Waals surface area (Å²) in [4.78, 5) is 15.3. The zero-order valence-electron chi connectivity index (χ0n) is 21.0. The Morgan fingerprint density at radius 2 is 1.97 bits per heavy atom. The van der Waals surface area contributed by atoms with Crippen molar-refractivity contribution in [2.24, 2.45) is 5.92 Å². The number of nitrogens with one attached hydrogen (secondary N) is 2. The van der Waals surface area contributed by atoms with Crippen molar-refractivity contribution < 1.29 is 22.7 Å². The van der Waals surface area contributed by atoms with Gasteiger partial charge in [0.2, 0.25) is 0 Å². The van der Waals surface area contributed by atoms with Crippen LogP contribution in [-0.4, -0.2) is 39.8 Å². The number of carbonyl (C=O) groups is 1. The highest BCUT2D eigenvalue weighted by molar-refractivity contribution is 6.42. The standard InChI is InChI=1S/C27H26Cl2F3N5O2/c1-2-37-14-20(24(35-37)27(30,31)32)18-9-15(13-36-7-8-39-26(36)33)10-19(11-18)25(38)34-23(16-3-4-16)17-5-6-21(28)22(29)12-17/h5-6,9-12,14,16,23,33H,2-4,7-8,13H2,1H3,(H,34,38). The SMILES string of the molecule is CCn1cc(-c2cc(CN3CCOC3=N)cc(C(=O)NC(c3ccc(Cl)c(Cl)c3)C3CC3)c2)c(C(F)(F)F)n1. The summed E-state index contributed by atoms with van der Waals surface area (Å²) in [5.41, 5.74) is 0.671. The summed E-state index contributed by atoms with van der Waals surface area (Å²) in [6, 6.07) is 9.57. The molecule has 2 aliphatic rings. The number of halogens is 5. The van der Waals surface area contributed by atoms with Crippen molar-refractivity contribution in [3.05, 3.63) is 75.0 Å². The van der Waals surface area contributed by atoms with E-state index in [0.717, 1.165) is 18.4 Å². The highest BCUT2D eigenvalue weighted by Crippen LogP contribution is 2.42. The maximum atomic E-state index is 13.9. The first-order valence-corrected chi connectivity index (χ1v) is 13.3. The molecule has 1 unspecified atom stereocenters. The molecule has 0 spiro atoms. The summed E-state index contributed by atoms with van der Waals surface area (Å²) < 4.78 is 48.2. The molecule has 1 saturated carbocycles. The van der Waals surface area contributed by atoms with Crippen LogP contribution in [0.5, 0.6) is 0 Å². The summed E-state index contributed by atoms with van der Waals surface area (Å²) in [6.07, 6.45) is -1.48. The Kier molecular flexibility index (Phi) is 7.52. The Balaban J connectivity index is 1.53. The lowest BCUT2D eigenvalue weighted by Gasteiger charge is -2.21. The number of benzene rings is 2. The van der Waals surface area contributed by atoms with E-state index in [2.05, 4.69) is 10.4 Å². The van der Waals surface area contributed by atoms with Crippen molar-refractivity contribution in [1.29, 1.82) is 5.41 Å². The first kappa shape index (κ1) is 27.3. The van der Waals surface area contributed by atoms with E-state index in [-0.39, 0.29) is 47.8 Å². The second-order valence-corrected chi connectivity index (χ2v) is 10.5. The highest BCUT2D eigenvalue weighted by atomic mass is 35.5. The summed E-state index contributed by atoms with van der Waals surface area (Å²) in [7, 11) is 0. The maximum Gasteiger partial charge on any atom is 0.435 e. The second-order valence-electron chi connectivity index (χ2n) is 9.70. The number of hydrogen-bond acceptors (Lipinski definition) is 4. The molecule has 39 heavy (non-hydrogen) atoms. The topological polar surface area (TPSA) is 83.2 Å². The molecule has 1 amide bonds. The Morgan fingerprint density at radius 1 is 1.21 bits per heavy atom. The molecule has 1 aromatic heterocycles. The number of ether oxygens (including phenoxy) is 1. The minimum absolute atomic E-state index is 0.0189. The minimum atomic E-state index is -4.68. The second kappa shape index (κ2) is 10.7. The molecular formula is C27H26Cl2F3N5O2. The van der Waals surface area contributed by atoms with E-state index in [4.69, 9.17) is 33.3 Å². The van der Waals surface area contributed by atoms with Crippen molar-refractivity contribution >= 4 is 35.1 Å². The molecule has 0 bridgehead atoms. The van der Waals surface area contributed by atoms with E-state index in [1.165, 1.54) is 16.9 Å². The van der Waals surface area contributed by atoms with Crippen LogP contribution in [-0.2, 0) is 24.0 Å². The lowest BCUT2D eigenvalue weighted by atomic mass is 9.98. The fraction of sp³-hybridized carbons (Fsp3) is 0.370. The molecule has 1 aliphatic carbocycles. The molecule has 2 N–H and O–H groups in total. The number of carbonyl (C=O) groups excluding carboxylic acids is 1. The zero-order chi connectivity index (χ0) is 27.9. The monoisotopic (exact) mass is 579 g/mol. The smallest absolute Gasteiger partial charge is 0.435 e. The molecule has 3 aromatic rings. The first-order chi connectivity index (χ1) is 18.5. The number of rotatable bonds is 8. The van der Waals surface area contributed by atoms with E-state index in [9.17, 15) is 18.0 Å². The van der Waals surface area contributed by atoms with Gasteiger partial charge in [-0.15, -0.1) is 0 Å². The van der Waals surface area contributed by atoms with Crippen LogP contribution in [0, 0.1) is 11.3 Å². The molecule has 1 saturated heterocycles. The van der Waals surface area contributed by atoms with E-state index < -0.39 is 17.8 Å². The summed E-state index contributed by atoms with van der Waals surface area (Å²) in [5, 5.41) is 15.6. The number of aromatic nitrogens is 2. The van der Waals surface area contributed by atoms with Crippen molar-refractivity contribution in [2.45, 2.75) is 45.1 Å². The highest BCUT2D eigenvalue weighted by Gasteiger charge is 2.38. The number of amides is 1. The zero-order valence-corrected chi connectivity index (χ0v) is 22.5. The van der Waals surface area contributed by atoms with E-state index in [1.807, 2.05) is 6.07 Å². The van der Waals surface area contributed by atoms with Gasteiger partial charge in [0.05, 0.1) is 22.6 Å². The summed E-state index contributed by atoms with van der Waals surface area (Å²) in [5.74, 6) is -0.207. The van der Waals surface area contributed by atoms with E-state index in [1.54, 1.807) is 36.1 Å². The van der Waals surface area contributed by atoms with Gasteiger partial charge in [-0.3, -0.25) is 14.9 Å². The molecule has 1 aliphatic heterocycles. The minimum Gasteiger partial charge on any atom is -0.463 e. The normalized spacial score (nSPS) is 16.4. The van der Waals surface area contributed by atoms with Gasteiger partial charge in [0.15, 0.2) is 5.69 Å². The fourth-order valence-corrected chi connectivity index (χ4v) is 5.03. The summed E-state index contributed by atoms with van der Waals surface area (Å²) >= 11 is 12.3. The Hall–Kier alpha value is -3.24. The van der Waals surface area contributed by atoms with Gasteiger partial charge in [0, 0.05) is 30.4 Å². The van der Waals surface area contributed by atoms with Crippen LogP contribution < -0.4 is 5.32 Å². The lowest BCUT2D eigenvalue weighted by molar-refractivity contribution is -0.141. The quantitative estimate of drug-likeness (QED) is 0.317. The van der Waals surface area contributed by atoms with Gasteiger partial charge in [0.1, 0.15) is 6.61 Å². The van der Waals surface area contributed by atoms with Gasteiger partial charge in [0.25, 0.3) is 11.9 Å². The van der Waals surface area contributed by atoms with Crippen molar-refractivity contribution in [3.8, 4) is 11.1 Å². The van der Waals surface area contributed by atoms with Crippen LogP contribution in [0.25, 0.3) is 11.1 Å². The first-order valence-electron chi connectivity index (χ1n) is 12.5. The van der Waals surface area contributed by atoms with Crippen molar-refractivity contribution in [3.63, 3.8) is 0 Å². The molecule has 7 nitrogen and oxygen atoms in total. The van der Waals surface area contributed by atoms with Crippen LogP contribution >= 0.6 is 23.2 Å². The third kappa shape index (κ3) is 6.01. The van der Waals surface area contributed by atoms with Crippen molar-refractivity contribution in [2.75, 3.05) is 13.2 Å². The van der Waals surface area contributed by atoms with E-state index in [0.29, 0.717) is 28.8 Å². The molecule has 2 heterocycles. The number of amidine groups is 1. The third-order valence-corrected chi connectivity index (χ3v) is 7.60. The van der Waals surface area contributed by atoms with Gasteiger partial charge >= 0.3 is 6.18 Å². The molecule has 0 radical (unpaired) electrons. The average Bonchev–Trinajstić information content (AvgIpc) is 3.50. The van der Waals surface area contributed by atoms with Gasteiger partial charge in [-0.25, -0.2) is 0 Å². The van der Waals surface area contributed by atoms with Gasteiger partial charge in [-0.05, 0) is 72.7 Å². The van der Waals surface area contributed by atoms with Crippen molar-refractivity contribution in [1.82, 2.24) is 20.0 Å². The van der Waals surface area contributed by atoms with Crippen LogP contribution in [0.15, 0.2) is 42.6 Å². The van der Waals surface area contributed by atoms with E-state index >= 15 is 0 Å². The number of aryl methyl sites for hydroxylation is 1. The summed E-state index contributed by atoms with van der Waals surface area (Å²) in [6.45, 7) is 2.97. The van der Waals surface area contributed by atoms with Gasteiger partial charge in [-0.2, -0.15) is 18.3 Å². The predicted molar refractivity (Wildman–Crippen MR) is 142 cm³/mol. The predicted octanol–water partition coefficient (Wildman–Crippen LogP) is 6.54. The van der Waals surface area contributed by atoms with Crippen LogP contribution in [0.1, 0.15) is 53.0 Å². The van der Waals surface area contributed by atoms with Crippen LogP contribution in [0.3, 0.4) is 0 Å². The van der Waals surface area contributed by atoms with Crippen LogP contribution in [0.4, 0.5) is 13.2 Å². The average molecular weight is 580 g/mol. The number of hydrogen-bond donors (Lipinski definition) is 2. The fourth-order valence-electron chi connectivity index (χ4n) is 4.72. The lowest BCUT2D eigenvalue weighted by Crippen LogP contribution is -2.30. The molecule has 5 rings (SSSR count). The molecule has 2 fully saturated rings. The molecule has 2 aromatic carbocycles. The Morgan fingerprint density at radius 3 is 2.59 bits per heavy atom.